The molecule has 2 heteroatoms. The molecule has 0 bridgehead atoms. The molecule has 0 saturated carbocycles. The lowest BCUT2D eigenvalue weighted by atomic mass is 10.5. The summed E-state index contributed by atoms with van der Waals surface area (Å²) in [6.07, 6.45) is 0. The Morgan fingerprint density at radius 1 is 0.500 bits per heavy atom. The molecule has 16 heavy (non-hydrogen) atoms. The second kappa shape index (κ2) is 7.84. The van der Waals surface area contributed by atoms with Crippen molar-refractivity contribution in [1.82, 2.24) is 0 Å². The third-order valence-electron chi connectivity index (χ3n) is 2.80. The first-order valence-corrected chi connectivity index (χ1v) is 9.60. The van der Waals surface area contributed by atoms with E-state index in [0.717, 1.165) is 22.6 Å². The van der Waals surface area contributed by atoms with Gasteiger partial charge in [-0.2, -0.15) is 0 Å². The zero-order chi connectivity index (χ0) is 12.9. The fourth-order valence-corrected chi connectivity index (χ4v) is 7.03. The van der Waals surface area contributed by atoms with Crippen molar-refractivity contribution in [2.45, 2.75) is 78.0 Å². The molecule has 0 atom stereocenters. The van der Waals surface area contributed by atoms with Gasteiger partial charge in [0.2, 0.25) is 0 Å². The molecular formula is C14H30P2. The first kappa shape index (κ1) is 16.6. The lowest BCUT2D eigenvalue weighted by Gasteiger charge is -2.26. The van der Waals surface area contributed by atoms with Gasteiger partial charge < -0.3 is 0 Å². The Balaban J connectivity index is 4.63. The van der Waals surface area contributed by atoms with E-state index in [4.69, 9.17) is 0 Å². The Morgan fingerprint density at radius 3 is 0.812 bits per heavy atom. The summed E-state index contributed by atoms with van der Waals surface area (Å²) >= 11 is 0. The molecule has 0 nitrogen and oxygen atoms in total. The maximum atomic E-state index is 2.57. The molecule has 0 aromatic rings. The maximum absolute atomic E-state index is 2.57. The largest absolute Gasteiger partial charge is 0.0779 e. The molecule has 0 spiro atoms. The topological polar surface area (TPSA) is 0 Å². The van der Waals surface area contributed by atoms with Crippen LogP contribution in [0.25, 0.3) is 0 Å². The van der Waals surface area contributed by atoms with Gasteiger partial charge in [0, 0.05) is 0 Å². The summed E-state index contributed by atoms with van der Waals surface area (Å²) in [5.41, 5.74) is 3.29. The zero-order valence-corrected chi connectivity index (χ0v) is 14.1. The van der Waals surface area contributed by atoms with Crippen molar-refractivity contribution in [3.63, 3.8) is 0 Å². The molecule has 0 fully saturated rings. The fraction of sp³-hybridized carbons (Fsp3) is 0.857. The Kier molecular flexibility index (Phi) is 8.13. The van der Waals surface area contributed by atoms with Crippen LogP contribution in [0.1, 0.15) is 55.4 Å². The van der Waals surface area contributed by atoms with Gasteiger partial charge in [0.25, 0.3) is 0 Å². The maximum Gasteiger partial charge on any atom is -0.0229 e. The molecule has 0 aromatic carbocycles. The molecule has 0 unspecified atom stereocenters. The highest BCUT2D eigenvalue weighted by Crippen LogP contribution is 2.53. The van der Waals surface area contributed by atoms with Crippen molar-refractivity contribution in [1.29, 1.82) is 0 Å². The van der Waals surface area contributed by atoms with E-state index >= 15 is 0 Å². The molecule has 96 valence electrons. The van der Waals surface area contributed by atoms with Gasteiger partial charge in [0.15, 0.2) is 0 Å². The number of rotatable bonds is 6. The smallest absolute Gasteiger partial charge is 0.0229 e. The average Bonchev–Trinajstić information content (AvgIpc) is 2.09. The predicted molar refractivity (Wildman–Crippen MR) is 83.5 cm³/mol. The van der Waals surface area contributed by atoms with Crippen LogP contribution < -0.4 is 0 Å². The molecule has 0 amide bonds. The van der Waals surface area contributed by atoms with Gasteiger partial charge in [-0.15, -0.1) is 0 Å². The molecule has 0 radical (unpaired) electrons. The third kappa shape index (κ3) is 5.79. The van der Waals surface area contributed by atoms with Gasteiger partial charge in [-0.05, 0) is 22.6 Å². The molecule has 0 rings (SSSR count). The van der Waals surface area contributed by atoms with E-state index in [1.165, 1.54) is 0 Å². The SMILES string of the molecule is CC(C)P(/C=C/P(C(C)C)C(C)C)C(C)C. The van der Waals surface area contributed by atoms with Crippen molar-refractivity contribution in [3.8, 4) is 0 Å². The monoisotopic (exact) mass is 260 g/mol. The summed E-state index contributed by atoms with van der Waals surface area (Å²) in [5.74, 6) is 5.13. The molecule has 0 aromatic heterocycles. The van der Waals surface area contributed by atoms with E-state index in [1.54, 1.807) is 0 Å². The summed E-state index contributed by atoms with van der Waals surface area (Å²) in [4.78, 5) is 0. The van der Waals surface area contributed by atoms with Gasteiger partial charge in [-0.25, -0.2) is 0 Å². The molecule has 0 N–H and O–H groups in total. The third-order valence-corrected chi connectivity index (χ3v) is 8.79. The molecule has 0 saturated heterocycles. The summed E-state index contributed by atoms with van der Waals surface area (Å²) in [7, 11) is 0.150. The molecule has 0 aliphatic rings. The zero-order valence-electron chi connectivity index (χ0n) is 12.4. The summed E-state index contributed by atoms with van der Waals surface area (Å²) < 4.78 is 0. The highest BCUT2D eigenvalue weighted by Gasteiger charge is 2.17. The predicted octanol–water partition coefficient (Wildman–Crippen LogP) is 6.06. The second-order valence-electron chi connectivity index (χ2n) is 5.57. The Bertz CT molecular complexity index is 167. The van der Waals surface area contributed by atoms with E-state index < -0.39 is 0 Å². The first-order chi connectivity index (χ1) is 7.27. The average molecular weight is 260 g/mol. The van der Waals surface area contributed by atoms with Gasteiger partial charge in [-0.1, -0.05) is 82.9 Å². The van der Waals surface area contributed by atoms with E-state index in [0.29, 0.717) is 0 Å². The summed E-state index contributed by atoms with van der Waals surface area (Å²) in [6, 6.07) is 0. The van der Waals surface area contributed by atoms with Gasteiger partial charge in [0.05, 0.1) is 0 Å². The van der Waals surface area contributed by atoms with Gasteiger partial charge in [0.1, 0.15) is 0 Å². The molecule has 0 heterocycles. The Hall–Kier alpha value is 0.600. The minimum Gasteiger partial charge on any atom is -0.0779 e. The lowest BCUT2D eigenvalue weighted by Crippen LogP contribution is -2.03. The van der Waals surface area contributed by atoms with Gasteiger partial charge >= 0.3 is 0 Å². The standard InChI is InChI=1S/C14H30P2/c1-11(2)15(12(3)4)9-10-16(13(5)6)14(7)8/h9-14H,1-8H3/b10-9+. The molecule has 0 aliphatic carbocycles. The van der Waals surface area contributed by atoms with Crippen LogP contribution in [-0.4, -0.2) is 22.6 Å². The van der Waals surface area contributed by atoms with Crippen molar-refractivity contribution < 1.29 is 0 Å². The van der Waals surface area contributed by atoms with Crippen LogP contribution in [0.15, 0.2) is 11.6 Å². The minimum atomic E-state index is 0.0749. The van der Waals surface area contributed by atoms with E-state index in [1.807, 2.05) is 0 Å². The summed E-state index contributed by atoms with van der Waals surface area (Å²) in [6.45, 7) is 18.9. The second-order valence-corrected chi connectivity index (χ2v) is 12.1. The van der Waals surface area contributed by atoms with E-state index in [9.17, 15) is 0 Å². The Morgan fingerprint density at radius 2 is 0.688 bits per heavy atom. The van der Waals surface area contributed by atoms with Crippen LogP contribution in [0.3, 0.4) is 0 Å². The quantitative estimate of drug-likeness (QED) is 0.509. The Labute approximate surface area is 106 Å². The minimum absolute atomic E-state index is 0.0749. The highest BCUT2D eigenvalue weighted by molar-refractivity contribution is 7.66. The number of hydrogen-bond donors (Lipinski definition) is 0. The van der Waals surface area contributed by atoms with Crippen LogP contribution in [-0.2, 0) is 0 Å². The number of hydrogen-bond acceptors (Lipinski definition) is 0. The van der Waals surface area contributed by atoms with Crippen molar-refractivity contribution >= 4 is 15.8 Å². The molecular weight excluding hydrogens is 230 g/mol. The van der Waals surface area contributed by atoms with Crippen LogP contribution in [0.2, 0.25) is 0 Å². The first-order valence-electron chi connectivity index (χ1n) is 6.50. The fourth-order valence-electron chi connectivity index (χ4n) is 2.04. The lowest BCUT2D eigenvalue weighted by molar-refractivity contribution is 1.01. The van der Waals surface area contributed by atoms with Crippen LogP contribution >= 0.6 is 15.8 Å². The van der Waals surface area contributed by atoms with Crippen molar-refractivity contribution in [2.75, 3.05) is 0 Å². The van der Waals surface area contributed by atoms with E-state index in [2.05, 4.69) is 67.0 Å². The van der Waals surface area contributed by atoms with Gasteiger partial charge in [-0.3, -0.25) is 0 Å². The van der Waals surface area contributed by atoms with Crippen LogP contribution in [0.4, 0.5) is 0 Å². The van der Waals surface area contributed by atoms with Crippen molar-refractivity contribution in [2.24, 2.45) is 0 Å². The van der Waals surface area contributed by atoms with Crippen LogP contribution in [0.5, 0.6) is 0 Å². The highest BCUT2D eigenvalue weighted by atomic mass is 31.1. The molecule has 0 aliphatic heterocycles. The van der Waals surface area contributed by atoms with Crippen LogP contribution in [0, 0.1) is 0 Å². The summed E-state index contributed by atoms with van der Waals surface area (Å²) in [5, 5.41) is 0. The normalized spacial score (nSPS) is 13.6. The van der Waals surface area contributed by atoms with E-state index in [-0.39, 0.29) is 15.8 Å². The van der Waals surface area contributed by atoms with Crippen molar-refractivity contribution in [3.05, 3.63) is 11.6 Å².